The maximum atomic E-state index is 12.8. The molecule has 152 valence electrons. The molecule has 1 amide bonds. The lowest BCUT2D eigenvalue weighted by molar-refractivity contribution is -0.384. The van der Waals surface area contributed by atoms with Crippen LogP contribution in [0.1, 0.15) is 36.5 Å². The normalized spacial score (nSPS) is 11.8. The average molecular weight is 406 g/mol. The van der Waals surface area contributed by atoms with Crippen molar-refractivity contribution < 1.29 is 27.3 Å². The Morgan fingerprint density at radius 1 is 1.21 bits per heavy atom. The van der Waals surface area contributed by atoms with E-state index in [-0.39, 0.29) is 18.0 Å². The topological polar surface area (TPSA) is 85.4 Å². The molecule has 1 N–H and O–H groups in total. The van der Waals surface area contributed by atoms with Crippen molar-refractivity contribution in [3.8, 4) is 0 Å². The van der Waals surface area contributed by atoms with Crippen LogP contribution in [0.5, 0.6) is 0 Å². The highest BCUT2D eigenvalue weighted by molar-refractivity contribution is 5.97. The molecular weight excluding hydrogens is 389 g/mol. The lowest BCUT2D eigenvalue weighted by atomic mass is 10.00. The molecule has 0 fully saturated rings. The Morgan fingerprint density at radius 3 is 2.55 bits per heavy atom. The molecule has 0 aliphatic carbocycles. The number of hydrogen-bond acceptors (Lipinski definition) is 4. The zero-order valence-electron chi connectivity index (χ0n) is 15.5. The van der Waals surface area contributed by atoms with Gasteiger partial charge in [0, 0.05) is 17.0 Å². The number of alkyl halides is 3. The molecular formula is C20H17F3N2O4. The van der Waals surface area contributed by atoms with Crippen LogP contribution in [0, 0.1) is 10.1 Å². The van der Waals surface area contributed by atoms with Gasteiger partial charge in [-0.2, -0.15) is 13.2 Å². The average Bonchev–Trinajstić information content (AvgIpc) is 3.02. The second kappa shape index (κ2) is 7.57. The number of fused-ring (bicyclic) bond motifs is 1. The summed E-state index contributed by atoms with van der Waals surface area (Å²) in [4.78, 5) is 22.6. The summed E-state index contributed by atoms with van der Waals surface area (Å²) in [7, 11) is 0. The smallest absolute Gasteiger partial charge is 0.416 e. The van der Waals surface area contributed by atoms with E-state index in [2.05, 4.69) is 5.32 Å². The van der Waals surface area contributed by atoms with Gasteiger partial charge in [0.25, 0.3) is 5.69 Å². The predicted octanol–water partition coefficient (Wildman–Crippen LogP) is 5.66. The molecule has 0 bridgehead atoms. The van der Waals surface area contributed by atoms with Crippen LogP contribution in [-0.2, 0) is 17.4 Å². The van der Waals surface area contributed by atoms with Crippen LogP contribution in [0.4, 0.5) is 24.5 Å². The van der Waals surface area contributed by atoms with Gasteiger partial charge in [0.1, 0.15) is 11.3 Å². The largest absolute Gasteiger partial charge is 0.464 e. The molecule has 0 saturated heterocycles. The molecule has 0 saturated carbocycles. The van der Waals surface area contributed by atoms with E-state index in [4.69, 9.17) is 4.42 Å². The van der Waals surface area contributed by atoms with E-state index in [0.717, 1.165) is 17.0 Å². The fraction of sp³-hybridized carbons (Fsp3) is 0.250. The summed E-state index contributed by atoms with van der Waals surface area (Å²) in [5.41, 5.74) is -0.0635. The van der Waals surface area contributed by atoms with Crippen LogP contribution < -0.4 is 5.32 Å². The Morgan fingerprint density at radius 2 is 1.93 bits per heavy atom. The van der Waals surface area contributed by atoms with Crippen molar-refractivity contribution >= 4 is 28.3 Å². The van der Waals surface area contributed by atoms with E-state index in [0.29, 0.717) is 23.3 Å². The minimum atomic E-state index is -4.73. The van der Waals surface area contributed by atoms with Crippen LogP contribution in [0.3, 0.4) is 0 Å². The van der Waals surface area contributed by atoms with Gasteiger partial charge < -0.3 is 9.73 Å². The SMILES string of the molecule is CC(C)c1ccc2occ(CC(=O)Nc3ccc(C(F)(F)F)cc3[N+](=O)[O-])c2c1. The Kier molecular flexibility index (Phi) is 5.32. The van der Waals surface area contributed by atoms with Gasteiger partial charge >= 0.3 is 6.18 Å². The monoisotopic (exact) mass is 406 g/mol. The number of amides is 1. The number of carbonyl (C=O) groups excluding carboxylic acids is 1. The number of carbonyl (C=O) groups is 1. The summed E-state index contributed by atoms with van der Waals surface area (Å²) < 4.78 is 43.8. The van der Waals surface area contributed by atoms with Gasteiger partial charge in [-0.15, -0.1) is 0 Å². The van der Waals surface area contributed by atoms with Gasteiger partial charge in [-0.3, -0.25) is 14.9 Å². The number of nitro groups is 1. The first kappa shape index (κ1) is 20.4. The molecule has 0 radical (unpaired) electrons. The van der Waals surface area contributed by atoms with Crippen LogP contribution in [0.2, 0.25) is 0 Å². The van der Waals surface area contributed by atoms with E-state index in [1.807, 2.05) is 26.0 Å². The minimum Gasteiger partial charge on any atom is -0.464 e. The van der Waals surface area contributed by atoms with Crippen molar-refractivity contribution in [1.29, 1.82) is 0 Å². The second-order valence-electron chi connectivity index (χ2n) is 6.88. The van der Waals surface area contributed by atoms with Crippen molar-refractivity contribution in [1.82, 2.24) is 0 Å². The first-order valence-corrected chi connectivity index (χ1v) is 8.71. The van der Waals surface area contributed by atoms with Crippen LogP contribution in [0.15, 0.2) is 47.1 Å². The fourth-order valence-electron chi connectivity index (χ4n) is 2.93. The lowest BCUT2D eigenvalue weighted by Crippen LogP contribution is -2.16. The molecule has 0 unspecified atom stereocenters. The lowest BCUT2D eigenvalue weighted by Gasteiger charge is -2.10. The fourth-order valence-corrected chi connectivity index (χ4v) is 2.93. The molecule has 0 atom stereocenters. The molecule has 0 spiro atoms. The van der Waals surface area contributed by atoms with Crippen molar-refractivity contribution in [2.24, 2.45) is 0 Å². The first-order chi connectivity index (χ1) is 13.6. The van der Waals surface area contributed by atoms with Crippen molar-refractivity contribution in [2.45, 2.75) is 32.4 Å². The van der Waals surface area contributed by atoms with Gasteiger partial charge in [-0.1, -0.05) is 19.9 Å². The molecule has 1 heterocycles. The van der Waals surface area contributed by atoms with E-state index in [9.17, 15) is 28.1 Å². The maximum absolute atomic E-state index is 12.8. The number of nitrogens with zero attached hydrogens (tertiary/aromatic N) is 1. The van der Waals surface area contributed by atoms with Crippen molar-refractivity contribution in [3.63, 3.8) is 0 Å². The third-order valence-corrected chi connectivity index (χ3v) is 4.49. The zero-order chi connectivity index (χ0) is 21.3. The molecule has 3 rings (SSSR count). The Labute approximate surface area is 163 Å². The third kappa shape index (κ3) is 4.39. The predicted molar refractivity (Wildman–Crippen MR) is 101 cm³/mol. The quantitative estimate of drug-likeness (QED) is 0.437. The highest BCUT2D eigenvalue weighted by Gasteiger charge is 2.33. The molecule has 29 heavy (non-hydrogen) atoms. The molecule has 2 aromatic carbocycles. The van der Waals surface area contributed by atoms with Crippen LogP contribution in [0.25, 0.3) is 11.0 Å². The number of nitro benzene ring substituents is 1. The van der Waals surface area contributed by atoms with Gasteiger partial charge in [0.2, 0.25) is 5.91 Å². The first-order valence-electron chi connectivity index (χ1n) is 8.71. The number of halogens is 3. The number of furan rings is 1. The number of rotatable bonds is 5. The van der Waals surface area contributed by atoms with Gasteiger partial charge in [-0.05, 0) is 35.7 Å². The van der Waals surface area contributed by atoms with Crippen LogP contribution >= 0.6 is 0 Å². The Hall–Kier alpha value is -3.36. The van der Waals surface area contributed by atoms with E-state index >= 15 is 0 Å². The molecule has 0 aliphatic rings. The summed E-state index contributed by atoms with van der Waals surface area (Å²) in [6.07, 6.45) is -3.45. The van der Waals surface area contributed by atoms with Crippen LogP contribution in [-0.4, -0.2) is 10.8 Å². The summed E-state index contributed by atoms with van der Waals surface area (Å²) in [6.45, 7) is 4.05. The number of benzene rings is 2. The Balaban J connectivity index is 1.85. The summed E-state index contributed by atoms with van der Waals surface area (Å²) in [5, 5.41) is 14.2. The molecule has 6 nitrogen and oxygen atoms in total. The van der Waals surface area contributed by atoms with Gasteiger partial charge in [0.15, 0.2) is 0 Å². The Bertz CT molecular complexity index is 1090. The summed E-state index contributed by atoms with van der Waals surface area (Å²) >= 11 is 0. The number of nitrogens with one attached hydrogen (secondary N) is 1. The standard InChI is InChI=1S/C20H17F3N2O4/c1-11(2)12-3-6-18-15(7-12)13(10-29-18)8-19(26)24-16-5-4-14(20(21,22)23)9-17(16)25(27)28/h3-7,9-11H,8H2,1-2H3,(H,24,26). The van der Waals surface area contributed by atoms with Crippen molar-refractivity contribution in [2.75, 3.05) is 5.32 Å². The third-order valence-electron chi connectivity index (χ3n) is 4.49. The van der Waals surface area contributed by atoms with E-state index < -0.39 is 28.3 Å². The molecule has 1 aromatic heterocycles. The summed E-state index contributed by atoms with van der Waals surface area (Å²) in [5.74, 6) is -0.337. The van der Waals surface area contributed by atoms with E-state index in [1.54, 1.807) is 6.07 Å². The summed E-state index contributed by atoms with van der Waals surface area (Å²) in [6, 6.07) is 7.59. The maximum Gasteiger partial charge on any atom is 0.416 e. The highest BCUT2D eigenvalue weighted by atomic mass is 19.4. The number of hydrogen-bond donors (Lipinski definition) is 1. The molecule has 0 aliphatic heterocycles. The second-order valence-corrected chi connectivity index (χ2v) is 6.88. The zero-order valence-corrected chi connectivity index (χ0v) is 15.5. The van der Waals surface area contributed by atoms with Crippen molar-refractivity contribution in [3.05, 3.63) is 69.5 Å². The van der Waals surface area contributed by atoms with Gasteiger partial charge in [-0.25, -0.2) is 0 Å². The van der Waals surface area contributed by atoms with Gasteiger partial charge in [0.05, 0.1) is 23.2 Å². The van der Waals surface area contributed by atoms with E-state index in [1.165, 1.54) is 6.26 Å². The molecule has 3 aromatic rings. The minimum absolute atomic E-state index is 0.146. The number of anilines is 1. The highest BCUT2D eigenvalue weighted by Crippen LogP contribution is 2.35. The molecule has 9 heteroatoms.